The maximum Gasteiger partial charge on any atom is 0.264 e. The summed E-state index contributed by atoms with van der Waals surface area (Å²) in [7, 11) is 4.80. The molecule has 1 spiro atoms. The number of hydrogen-bond donors (Lipinski definition) is 3. The zero-order chi connectivity index (χ0) is 29.2. The Labute approximate surface area is 242 Å². The summed E-state index contributed by atoms with van der Waals surface area (Å²) in [6.07, 6.45) is 0.256. The number of carbonyl (C=O) groups is 1. The first-order chi connectivity index (χ1) is 20.2. The van der Waals surface area contributed by atoms with Crippen LogP contribution in [0.15, 0.2) is 6.07 Å². The van der Waals surface area contributed by atoms with Crippen LogP contribution in [0.2, 0.25) is 0 Å². The Hall–Kier alpha value is -2.55. The molecule has 0 saturated carbocycles. The van der Waals surface area contributed by atoms with Gasteiger partial charge >= 0.3 is 0 Å². The molecule has 4 N–H and O–H groups in total. The summed E-state index contributed by atoms with van der Waals surface area (Å²) in [5.41, 5.74) is 7.87. The molecule has 5 heterocycles. The van der Waals surface area contributed by atoms with Crippen molar-refractivity contribution in [2.45, 2.75) is 80.4 Å². The number of ether oxygens (including phenoxy) is 8. The molecular weight excluding hydrogens is 548 g/mol. The second-order valence-corrected chi connectivity index (χ2v) is 12.2. The Morgan fingerprint density at radius 3 is 2.74 bits per heavy atom. The van der Waals surface area contributed by atoms with Crippen molar-refractivity contribution < 1.29 is 47.8 Å². The van der Waals surface area contributed by atoms with E-state index in [1.54, 1.807) is 21.3 Å². The van der Waals surface area contributed by atoms with E-state index in [-0.39, 0.29) is 30.3 Å². The second-order valence-electron chi connectivity index (χ2n) is 12.2. The Balaban J connectivity index is 1.24. The smallest absolute Gasteiger partial charge is 0.264 e. The third-order valence-electron chi connectivity index (χ3n) is 10.2. The number of carbonyl (C=O) groups excluding carboxylic acids is 1. The number of phenols is 1. The summed E-state index contributed by atoms with van der Waals surface area (Å²) in [6, 6.07) is 1.73. The van der Waals surface area contributed by atoms with Gasteiger partial charge in [0.05, 0.1) is 36.8 Å². The molecule has 8 rings (SSSR count). The lowest BCUT2D eigenvalue weighted by atomic mass is 9.78. The summed E-state index contributed by atoms with van der Waals surface area (Å²) in [5.74, 6) is -1.75. The maximum absolute atomic E-state index is 13.1. The van der Waals surface area contributed by atoms with E-state index in [9.17, 15) is 9.90 Å². The van der Waals surface area contributed by atoms with Gasteiger partial charge in [-0.1, -0.05) is 0 Å². The van der Waals surface area contributed by atoms with Crippen molar-refractivity contribution in [2.75, 3.05) is 41.1 Å². The van der Waals surface area contributed by atoms with E-state index in [4.69, 9.17) is 43.6 Å². The minimum Gasteiger partial charge on any atom is -0.506 e. The average Bonchev–Trinajstić information content (AvgIpc) is 3.65. The Bertz CT molecular complexity index is 1510. The molecule has 0 amide bonds. The summed E-state index contributed by atoms with van der Waals surface area (Å²) >= 11 is 0. The number of hydrogen-bond acceptors (Lipinski definition) is 12. The van der Waals surface area contributed by atoms with Gasteiger partial charge in [0.25, 0.3) is 5.79 Å². The van der Waals surface area contributed by atoms with Gasteiger partial charge in [0.1, 0.15) is 30.0 Å². The first kappa shape index (κ1) is 27.0. The number of aryl methyl sites for hydroxylation is 1. The molecule has 6 unspecified atom stereocenters. The highest BCUT2D eigenvalue weighted by Gasteiger charge is 2.89. The van der Waals surface area contributed by atoms with Crippen molar-refractivity contribution in [1.82, 2.24) is 5.32 Å². The van der Waals surface area contributed by atoms with Gasteiger partial charge in [0.2, 0.25) is 5.79 Å². The Kier molecular flexibility index (Phi) is 5.79. The zero-order valence-electron chi connectivity index (χ0n) is 24.1. The van der Waals surface area contributed by atoms with Crippen molar-refractivity contribution in [1.29, 1.82) is 0 Å². The van der Waals surface area contributed by atoms with Crippen LogP contribution in [0.4, 0.5) is 0 Å². The maximum atomic E-state index is 13.1. The van der Waals surface area contributed by atoms with Gasteiger partial charge in [0.15, 0.2) is 23.7 Å². The molecule has 42 heavy (non-hydrogen) atoms. The van der Waals surface area contributed by atoms with Crippen LogP contribution >= 0.6 is 0 Å². The fourth-order valence-corrected chi connectivity index (χ4v) is 8.07. The predicted molar refractivity (Wildman–Crippen MR) is 146 cm³/mol. The number of nitrogens with one attached hydrogen (secondary N) is 1. The van der Waals surface area contributed by atoms with Crippen molar-refractivity contribution in [3.8, 4) is 17.2 Å². The number of ketones is 1. The standard InChI is InChI=1S/C30H36N2O10/c1-13-8-15-22(23(34)21-14(24(15)36-3)6-5-7-17(21)33)25-20(13)26-27-30(37-4,41-25)28(11-32-28)29(40-26,42-27)12-39-19-9-18(35-2)16(31)10-38-19/h8,16,18-19,26-27,32,34H,5-7,9-12,31H2,1-4H3/t16?,18?,19?,26?,27?,28-,29?,30-/m1/s1. The molecule has 4 fully saturated rings. The second kappa shape index (κ2) is 8.99. The predicted octanol–water partition coefficient (Wildman–Crippen LogP) is 1.73. The quantitative estimate of drug-likeness (QED) is 0.423. The molecular formula is C30H36N2O10. The molecule has 2 aromatic carbocycles. The molecule has 1 aliphatic carbocycles. The molecule has 0 radical (unpaired) electrons. The van der Waals surface area contributed by atoms with E-state index < -0.39 is 35.6 Å². The van der Waals surface area contributed by atoms with Crippen LogP contribution in [0.1, 0.15) is 52.4 Å². The lowest BCUT2D eigenvalue weighted by Crippen LogP contribution is -2.69. The Morgan fingerprint density at radius 2 is 2.02 bits per heavy atom. The van der Waals surface area contributed by atoms with E-state index in [2.05, 4.69) is 5.32 Å². The number of Topliss-reactive ketones (excluding diaryl/α,β-unsaturated/α-hetero) is 1. The number of benzene rings is 2. The van der Waals surface area contributed by atoms with Gasteiger partial charge in [-0.3, -0.25) is 10.1 Å². The van der Waals surface area contributed by atoms with E-state index in [0.717, 1.165) is 16.7 Å². The van der Waals surface area contributed by atoms with E-state index in [0.29, 0.717) is 66.7 Å². The third kappa shape index (κ3) is 3.16. The molecule has 12 heteroatoms. The van der Waals surface area contributed by atoms with E-state index in [1.165, 1.54) is 0 Å². The van der Waals surface area contributed by atoms with Crippen LogP contribution < -0.4 is 20.5 Å². The molecule has 6 aliphatic rings. The van der Waals surface area contributed by atoms with E-state index in [1.807, 2.05) is 13.0 Å². The van der Waals surface area contributed by atoms with E-state index >= 15 is 0 Å². The van der Waals surface area contributed by atoms with Crippen molar-refractivity contribution in [3.05, 3.63) is 28.3 Å². The number of aromatic hydroxyl groups is 1. The summed E-state index contributed by atoms with van der Waals surface area (Å²) < 4.78 is 50.1. The van der Waals surface area contributed by atoms with Gasteiger partial charge < -0.3 is 48.7 Å². The van der Waals surface area contributed by atoms with Crippen LogP contribution in [0.3, 0.4) is 0 Å². The lowest BCUT2D eigenvalue weighted by Gasteiger charge is -2.49. The van der Waals surface area contributed by atoms with Crippen LogP contribution in [-0.2, 0) is 34.8 Å². The van der Waals surface area contributed by atoms with Gasteiger partial charge in [0, 0.05) is 50.1 Å². The van der Waals surface area contributed by atoms with Crippen molar-refractivity contribution in [3.63, 3.8) is 0 Å². The van der Waals surface area contributed by atoms with Crippen molar-refractivity contribution in [2.24, 2.45) is 5.73 Å². The highest BCUT2D eigenvalue weighted by atomic mass is 16.8. The first-order valence-electron chi connectivity index (χ1n) is 14.5. The van der Waals surface area contributed by atoms with Gasteiger partial charge in [-0.2, -0.15) is 0 Å². The number of phenolic OH excluding ortho intramolecular Hbond substituents is 1. The SMILES string of the molecule is COc1c2c(c(O)c3c4c(c(C)cc13)C1OC3(COC5CC(OC)C(N)CO5)OC1[C@@](OC)(O4)[C@@]31CN1)C(=O)CCC2. The fourth-order valence-electron chi connectivity index (χ4n) is 8.07. The minimum atomic E-state index is -1.29. The third-order valence-corrected chi connectivity index (χ3v) is 10.2. The summed E-state index contributed by atoms with van der Waals surface area (Å²) in [5, 5.41) is 16.2. The van der Waals surface area contributed by atoms with Crippen LogP contribution in [0.25, 0.3) is 10.8 Å². The number of nitrogens with two attached hydrogens (primary N) is 1. The number of rotatable bonds is 6. The summed E-state index contributed by atoms with van der Waals surface area (Å²) in [4.78, 5) is 13.1. The largest absolute Gasteiger partial charge is 0.506 e. The molecule has 8 atom stereocenters. The van der Waals surface area contributed by atoms with Gasteiger partial charge in [-0.25, -0.2) is 0 Å². The molecule has 226 valence electrons. The molecule has 2 bridgehead atoms. The van der Waals surface area contributed by atoms with Gasteiger partial charge in [-0.15, -0.1) is 0 Å². The molecule has 4 saturated heterocycles. The Morgan fingerprint density at radius 1 is 1.21 bits per heavy atom. The number of fused-ring (bicyclic) bond motifs is 8. The topological polar surface area (TPSA) is 159 Å². The van der Waals surface area contributed by atoms with Crippen LogP contribution in [0.5, 0.6) is 17.2 Å². The summed E-state index contributed by atoms with van der Waals surface area (Å²) in [6.45, 7) is 2.83. The molecule has 12 nitrogen and oxygen atoms in total. The highest BCUT2D eigenvalue weighted by Crippen LogP contribution is 2.69. The fraction of sp³-hybridized carbons (Fsp3) is 0.633. The monoisotopic (exact) mass is 584 g/mol. The molecule has 0 aromatic heterocycles. The highest BCUT2D eigenvalue weighted by molar-refractivity contribution is 6.11. The van der Waals surface area contributed by atoms with Gasteiger partial charge in [-0.05, 0) is 31.4 Å². The normalized spacial score (nSPS) is 39.4. The number of methoxy groups -OCH3 is 3. The molecule has 5 aliphatic heterocycles. The lowest BCUT2D eigenvalue weighted by molar-refractivity contribution is -0.293. The van der Waals surface area contributed by atoms with Crippen LogP contribution in [-0.4, -0.2) is 93.6 Å². The van der Waals surface area contributed by atoms with Crippen molar-refractivity contribution >= 4 is 16.6 Å². The first-order valence-corrected chi connectivity index (χ1v) is 14.5. The van der Waals surface area contributed by atoms with Crippen LogP contribution in [0, 0.1) is 6.92 Å². The molecule has 2 aromatic rings. The minimum absolute atomic E-state index is 0.0564. The zero-order valence-corrected chi connectivity index (χ0v) is 24.1. The average molecular weight is 585 g/mol.